The van der Waals surface area contributed by atoms with Gasteiger partial charge in [0.1, 0.15) is 0 Å². The first-order valence-electron chi connectivity index (χ1n) is 7.30. The third-order valence-corrected chi connectivity index (χ3v) is 3.68. The number of ether oxygens (including phenoxy) is 1. The average Bonchev–Trinajstić information content (AvgIpc) is 2.61. The van der Waals surface area contributed by atoms with E-state index in [-0.39, 0.29) is 0 Å². The maximum atomic E-state index is 5.38. The topological polar surface area (TPSA) is 21.3 Å². The molecule has 2 nitrogen and oxygen atoms in total. The standard InChI is InChI=1S/C16H25NO/c1-2-18-13-7-12-17-16-11-6-4-9-14-8-3-5-10-15(14)16/h3,5,8,10,16-17H,2,4,6-7,9,11-13H2,1H3. The van der Waals surface area contributed by atoms with E-state index in [9.17, 15) is 0 Å². The van der Waals surface area contributed by atoms with Crippen LogP contribution in [0.4, 0.5) is 0 Å². The van der Waals surface area contributed by atoms with Crippen LogP contribution in [-0.4, -0.2) is 19.8 Å². The van der Waals surface area contributed by atoms with Gasteiger partial charge in [-0.2, -0.15) is 0 Å². The molecule has 0 heterocycles. The Kier molecular flexibility index (Phi) is 5.69. The molecule has 1 unspecified atom stereocenters. The van der Waals surface area contributed by atoms with Gasteiger partial charge in [-0.15, -0.1) is 0 Å². The van der Waals surface area contributed by atoms with Crippen LogP contribution in [0, 0.1) is 0 Å². The molecule has 0 amide bonds. The molecule has 2 heteroatoms. The van der Waals surface area contributed by atoms with Crippen molar-refractivity contribution >= 4 is 0 Å². The van der Waals surface area contributed by atoms with E-state index in [0.717, 1.165) is 26.2 Å². The highest BCUT2D eigenvalue weighted by Crippen LogP contribution is 2.28. The average molecular weight is 247 g/mol. The molecule has 2 rings (SSSR count). The Morgan fingerprint density at radius 1 is 1.28 bits per heavy atom. The normalized spacial score (nSPS) is 19.3. The lowest BCUT2D eigenvalue weighted by atomic mass is 9.99. The number of aryl methyl sites for hydroxylation is 1. The van der Waals surface area contributed by atoms with Crippen LogP contribution in [0.5, 0.6) is 0 Å². The Morgan fingerprint density at radius 3 is 3.06 bits per heavy atom. The molecular weight excluding hydrogens is 222 g/mol. The van der Waals surface area contributed by atoms with E-state index in [1.807, 2.05) is 0 Å². The van der Waals surface area contributed by atoms with Crippen LogP contribution in [0.3, 0.4) is 0 Å². The molecule has 1 N–H and O–H groups in total. The van der Waals surface area contributed by atoms with Crippen molar-refractivity contribution in [3.8, 4) is 0 Å². The number of nitrogens with one attached hydrogen (secondary N) is 1. The summed E-state index contributed by atoms with van der Waals surface area (Å²) in [6.07, 6.45) is 6.28. The van der Waals surface area contributed by atoms with E-state index in [0.29, 0.717) is 6.04 Å². The van der Waals surface area contributed by atoms with Gasteiger partial charge in [0.05, 0.1) is 0 Å². The van der Waals surface area contributed by atoms with E-state index >= 15 is 0 Å². The Balaban J connectivity index is 1.88. The summed E-state index contributed by atoms with van der Waals surface area (Å²) in [6, 6.07) is 9.46. The summed E-state index contributed by atoms with van der Waals surface area (Å²) in [5, 5.41) is 3.70. The van der Waals surface area contributed by atoms with Crippen LogP contribution < -0.4 is 5.32 Å². The molecule has 1 aliphatic carbocycles. The summed E-state index contributed by atoms with van der Waals surface area (Å²) < 4.78 is 5.38. The molecule has 0 fully saturated rings. The first-order valence-corrected chi connectivity index (χ1v) is 7.30. The summed E-state index contributed by atoms with van der Waals surface area (Å²) in [6.45, 7) is 4.80. The summed E-state index contributed by atoms with van der Waals surface area (Å²) in [5.74, 6) is 0. The molecule has 0 radical (unpaired) electrons. The zero-order valence-electron chi connectivity index (χ0n) is 11.5. The first kappa shape index (κ1) is 13.6. The third-order valence-electron chi connectivity index (χ3n) is 3.68. The summed E-state index contributed by atoms with van der Waals surface area (Å²) >= 11 is 0. The van der Waals surface area contributed by atoms with Crippen LogP contribution in [0.25, 0.3) is 0 Å². The molecule has 1 aromatic rings. The predicted octanol–water partition coefficient (Wildman–Crippen LogP) is 3.47. The van der Waals surface area contributed by atoms with Crippen molar-refractivity contribution < 1.29 is 4.74 Å². The Bertz CT molecular complexity index is 351. The fourth-order valence-corrected chi connectivity index (χ4v) is 2.73. The number of hydrogen-bond donors (Lipinski definition) is 1. The van der Waals surface area contributed by atoms with Crippen molar-refractivity contribution in [2.45, 2.75) is 45.1 Å². The predicted molar refractivity (Wildman–Crippen MR) is 75.9 cm³/mol. The van der Waals surface area contributed by atoms with Gasteiger partial charge >= 0.3 is 0 Å². The summed E-state index contributed by atoms with van der Waals surface area (Å²) in [5.41, 5.74) is 3.06. The van der Waals surface area contributed by atoms with Gasteiger partial charge in [-0.25, -0.2) is 0 Å². The highest BCUT2D eigenvalue weighted by atomic mass is 16.5. The quantitative estimate of drug-likeness (QED) is 0.614. The minimum atomic E-state index is 0.547. The van der Waals surface area contributed by atoms with E-state index in [2.05, 4.69) is 36.5 Å². The monoisotopic (exact) mass is 247 g/mol. The van der Waals surface area contributed by atoms with Crippen molar-refractivity contribution in [2.75, 3.05) is 19.8 Å². The lowest BCUT2D eigenvalue weighted by molar-refractivity contribution is 0.144. The largest absolute Gasteiger partial charge is 0.382 e. The molecule has 0 bridgehead atoms. The van der Waals surface area contributed by atoms with Gasteiger partial charge in [-0.1, -0.05) is 30.7 Å². The highest BCUT2D eigenvalue weighted by Gasteiger charge is 2.17. The van der Waals surface area contributed by atoms with Crippen LogP contribution in [0.15, 0.2) is 24.3 Å². The smallest absolute Gasteiger partial charge is 0.0477 e. The molecule has 1 aliphatic rings. The number of hydrogen-bond acceptors (Lipinski definition) is 2. The summed E-state index contributed by atoms with van der Waals surface area (Å²) in [4.78, 5) is 0. The minimum absolute atomic E-state index is 0.547. The minimum Gasteiger partial charge on any atom is -0.382 e. The maximum Gasteiger partial charge on any atom is 0.0477 e. The summed E-state index contributed by atoms with van der Waals surface area (Å²) in [7, 11) is 0. The van der Waals surface area contributed by atoms with E-state index in [1.54, 1.807) is 0 Å². The number of fused-ring (bicyclic) bond motifs is 1. The van der Waals surface area contributed by atoms with E-state index in [4.69, 9.17) is 4.74 Å². The van der Waals surface area contributed by atoms with Crippen LogP contribution in [0.1, 0.15) is 49.8 Å². The highest BCUT2D eigenvalue weighted by molar-refractivity contribution is 5.31. The third kappa shape index (κ3) is 3.82. The lowest BCUT2D eigenvalue weighted by Crippen LogP contribution is -2.23. The van der Waals surface area contributed by atoms with Gasteiger partial charge in [0.15, 0.2) is 0 Å². The molecule has 0 spiro atoms. The van der Waals surface area contributed by atoms with Crippen molar-refractivity contribution in [3.05, 3.63) is 35.4 Å². The molecule has 0 aromatic heterocycles. The molecule has 18 heavy (non-hydrogen) atoms. The van der Waals surface area contributed by atoms with Gasteiger partial charge < -0.3 is 10.1 Å². The van der Waals surface area contributed by atoms with Crippen LogP contribution in [0.2, 0.25) is 0 Å². The Hall–Kier alpha value is -0.860. The van der Waals surface area contributed by atoms with E-state index in [1.165, 1.54) is 36.8 Å². The zero-order valence-corrected chi connectivity index (χ0v) is 11.5. The maximum absolute atomic E-state index is 5.38. The van der Waals surface area contributed by atoms with Gasteiger partial charge in [-0.05, 0) is 50.3 Å². The van der Waals surface area contributed by atoms with Gasteiger partial charge in [-0.3, -0.25) is 0 Å². The molecule has 0 saturated heterocycles. The van der Waals surface area contributed by atoms with Crippen molar-refractivity contribution in [1.82, 2.24) is 5.32 Å². The fourth-order valence-electron chi connectivity index (χ4n) is 2.73. The Morgan fingerprint density at radius 2 is 2.17 bits per heavy atom. The molecule has 0 aliphatic heterocycles. The number of benzene rings is 1. The second-order valence-corrected chi connectivity index (χ2v) is 5.00. The molecule has 1 aromatic carbocycles. The fraction of sp³-hybridized carbons (Fsp3) is 0.625. The SMILES string of the molecule is CCOCCCNC1CCCCc2ccccc21. The van der Waals surface area contributed by atoms with Crippen molar-refractivity contribution in [3.63, 3.8) is 0 Å². The molecule has 1 atom stereocenters. The van der Waals surface area contributed by atoms with Crippen molar-refractivity contribution in [2.24, 2.45) is 0 Å². The first-order chi connectivity index (χ1) is 8.92. The molecule has 0 saturated carbocycles. The Labute approximate surface area is 111 Å². The molecule has 100 valence electrons. The second kappa shape index (κ2) is 7.55. The number of rotatable bonds is 6. The van der Waals surface area contributed by atoms with Crippen LogP contribution >= 0.6 is 0 Å². The lowest BCUT2D eigenvalue weighted by Gasteiger charge is -2.19. The van der Waals surface area contributed by atoms with E-state index < -0.39 is 0 Å². The van der Waals surface area contributed by atoms with Crippen LogP contribution in [-0.2, 0) is 11.2 Å². The van der Waals surface area contributed by atoms with Crippen molar-refractivity contribution in [1.29, 1.82) is 0 Å². The van der Waals surface area contributed by atoms with Gasteiger partial charge in [0.2, 0.25) is 0 Å². The zero-order chi connectivity index (χ0) is 12.6. The molecular formula is C16H25NO. The second-order valence-electron chi connectivity index (χ2n) is 5.00. The van der Waals surface area contributed by atoms with Gasteiger partial charge in [0.25, 0.3) is 0 Å². The van der Waals surface area contributed by atoms with Gasteiger partial charge in [0, 0.05) is 19.3 Å².